The van der Waals surface area contributed by atoms with Gasteiger partial charge in [0.1, 0.15) is 16.8 Å². The number of anilines is 1. The molecule has 1 aliphatic rings. The van der Waals surface area contributed by atoms with Crippen LogP contribution in [0.1, 0.15) is 46.9 Å². The molecule has 2 atom stereocenters. The second-order valence-corrected chi connectivity index (χ2v) is 7.52. The summed E-state index contributed by atoms with van der Waals surface area (Å²) in [6.45, 7) is 10.6. The van der Waals surface area contributed by atoms with Crippen LogP contribution in [0.2, 0.25) is 5.15 Å². The zero-order chi connectivity index (χ0) is 15.1. The average Bonchev–Trinajstić information content (AvgIpc) is 2.32. The Hall–Kier alpha value is -0.870. The van der Waals surface area contributed by atoms with Gasteiger partial charge in [0.05, 0.1) is 6.10 Å². The first-order valence-corrected chi connectivity index (χ1v) is 7.37. The summed E-state index contributed by atoms with van der Waals surface area (Å²) in [4.78, 5) is 8.91. The van der Waals surface area contributed by atoms with Gasteiger partial charge in [-0.3, -0.25) is 0 Å². The van der Waals surface area contributed by atoms with E-state index in [4.69, 9.17) is 16.3 Å². The maximum Gasteiger partial charge on any atom is 0.137 e. The van der Waals surface area contributed by atoms with Crippen LogP contribution in [0.5, 0.6) is 0 Å². The summed E-state index contributed by atoms with van der Waals surface area (Å²) in [6.07, 6.45) is 1.27. The maximum atomic E-state index is 6.11. The van der Waals surface area contributed by atoms with Gasteiger partial charge in [0.15, 0.2) is 0 Å². The normalized spacial score (nSPS) is 25.1. The number of nitrogens with zero attached hydrogens (tertiary/aromatic N) is 2. The molecule has 1 saturated carbocycles. The minimum absolute atomic E-state index is 0.0913. The third kappa shape index (κ3) is 2.91. The highest BCUT2D eigenvalue weighted by molar-refractivity contribution is 6.29. The van der Waals surface area contributed by atoms with Crippen molar-refractivity contribution in [1.29, 1.82) is 0 Å². The number of aromatic nitrogens is 2. The number of halogens is 1. The summed E-state index contributed by atoms with van der Waals surface area (Å²) in [7, 11) is 1.77. The number of ether oxygens (including phenoxy) is 1. The Morgan fingerprint density at radius 1 is 1.35 bits per heavy atom. The molecule has 1 aliphatic carbocycles. The van der Waals surface area contributed by atoms with E-state index in [-0.39, 0.29) is 10.8 Å². The third-order valence-corrected chi connectivity index (χ3v) is 4.34. The fourth-order valence-corrected chi connectivity index (χ4v) is 2.72. The molecule has 1 aromatic heterocycles. The van der Waals surface area contributed by atoms with Gasteiger partial charge in [-0.15, -0.1) is 0 Å². The second kappa shape index (κ2) is 5.15. The second-order valence-electron chi connectivity index (χ2n) is 7.13. The van der Waals surface area contributed by atoms with Crippen molar-refractivity contribution in [3.8, 4) is 0 Å². The Bertz CT molecular complexity index is 496. The molecule has 0 aliphatic heterocycles. The molecule has 20 heavy (non-hydrogen) atoms. The van der Waals surface area contributed by atoms with Crippen molar-refractivity contribution in [2.24, 2.45) is 5.41 Å². The predicted octanol–water partition coefficient (Wildman–Crippen LogP) is 3.65. The summed E-state index contributed by atoms with van der Waals surface area (Å²) >= 11 is 6.11. The molecule has 0 aromatic carbocycles. The summed E-state index contributed by atoms with van der Waals surface area (Å²) in [5, 5.41) is 3.95. The smallest absolute Gasteiger partial charge is 0.137 e. The molecule has 1 fully saturated rings. The quantitative estimate of drug-likeness (QED) is 0.865. The Balaban J connectivity index is 2.17. The molecule has 0 saturated heterocycles. The number of methoxy groups -OCH3 is 1. The minimum atomic E-state index is -0.120. The van der Waals surface area contributed by atoms with Crippen molar-refractivity contribution < 1.29 is 4.74 Å². The molecule has 0 spiro atoms. The number of hydrogen-bond acceptors (Lipinski definition) is 4. The number of rotatable bonds is 3. The molecule has 0 bridgehead atoms. The van der Waals surface area contributed by atoms with Crippen LogP contribution >= 0.6 is 11.6 Å². The fourth-order valence-electron chi connectivity index (χ4n) is 2.54. The highest BCUT2D eigenvalue weighted by Crippen LogP contribution is 2.44. The molecule has 2 unspecified atom stereocenters. The lowest BCUT2D eigenvalue weighted by Crippen LogP contribution is -2.57. The Morgan fingerprint density at radius 3 is 2.50 bits per heavy atom. The predicted molar refractivity (Wildman–Crippen MR) is 82.3 cm³/mol. The molecular weight excluding hydrogens is 274 g/mol. The first-order chi connectivity index (χ1) is 9.14. The van der Waals surface area contributed by atoms with E-state index >= 15 is 0 Å². The largest absolute Gasteiger partial charge is 0.381 e. The lowest BCUT2D eigenvalue weighted by molar-refractivity contribution is -0.0795. The fraction of sp³-hybridized carbons (Fsp3) is 0.733. The maximum absolute atomic E-state index is 6.11. The summed E-state index contributed by atoms with van der Waals surface area (Å²) in [5.41, 5.74) is -0.0282. The van der Waals surface area contributed by atoms with Crippen LogP contribution in [-0.2, 0) is 10.2 Å². The topological polar surface area (TPSA) is 47.0 Å². The lowest BCUT2D eigenvalue weighted by Gasteiger charge is -2.51. The van der Waals surface area contributed by atoms with Crippen molar-refractivity contribution in [2.45, 2.75) is 58.6 Å². The molecule has 1 heterocycles. The van der Waals surface area contributed by atoms with Gasteiger partial charge >= 0.3 is 0 Å². The molecule has 112 valence electrons. The molecule has 1 N–H and O–H groups in total. The lowest BCUT2D eigenvalue weighted by atomic mass is 9.64. The van der Waals surface area contributed by atoms with Crippen LogP contribution in [0.25, 0.3) is 0 Å². The molecule has 4 nitrogen and oxygen atoms in total. The monoisotopic (exact) mass is 297 g/mol. The molecular formula is C15H24ClN3O. The van der Waals surface area contributed by atoms with E-state index in [9.17, 15) is 0 Å². The van der Waals surface area contributed by atoms with Gasteiger partial charge in [-0.2, -0.15) is 0 Å². The van der Waals surface area contributed by atoms with Crippen LogP contribution in [0, 0.1) is 5.41 Å². The molecule has 2 rings (SSSR count). The van der Waals surface area contributed by atoms with Crippen molar-refractivity contribution in [3.05, 3.63) is 17.0 Å². The van der Waals surface area contributed by atoms with E-state index in [1.165, 1.54) is 0 Å². The number of nitrogens with one attached hydrogen (secondary N) is 1. The van der Waals surface area contributed by atoms with Crippen LogP contribution in [0.4, 0.5) is 5.82 Å². The van der Waals surface area contributed by atoms with E-state index in [2.05, 4.69) is 49.9 Å². The van der Waals surface area contributed by atoms with E-state index in [0.717, 1.165) is 18.1 Å². The van der Waals surface area contributed by atoms with Gasteiger partial charge in [0.25, 0.3) is 0 Å². The first-order valence-electron chi connectivity index (χ1n) is 6.99. The summed E-state index contributed by atoms with van der Waals surface area (Å²) < 4.78 is 5.47. The Morgan fingerprint density at radius 2 is 2.00 bits per heavy atom. The van der Waals surface area contributed by atoms with Gasteiger partial charge < -0.3 is 10.1 Å². The highest BCUT2D eigenvalue weighted by Gasteiger charge is 2.48. The minimum Gasteiger partial charge on any atom is -0.381 e. The zero-order valence-electron chi connectivity index (χ0n) is 13.1. The van der Waals surface area contributed by atoms with Gasteiger partial charge in [-0.05, 0) is 6.42 Å². The van der Waals surface area contributed by atoms with Crippen molar-refractivity contribution >= 4 is 17.4 Å². The van der Waals surface area contributed by atoms with Crippen LogP contribution < -0.4 is 5.32 Å². The van der Waals surface area contributed by atoms with Crippen LogP contribution in [0.3, 0.4) is 0 Å². The third-order valence-electron chi connectivity index (χ3n) is 4.15. The van der Waals surface area contributed by atoms with E-state index < -0.39 is 0 Å². The van der Waals surface area contributed by atoms with Crippen molar-refractivity contribution in [3.63, 3.8) is 0 Å². The van der Waals surface area contributed by atoms with E-state index in [0.29, 0.717) is 17.3 Å². The first kappa shape index (κ1) is 15.5. The van der Waals surface area contributed by atoms with Gasteiger partial charge in [0.2, 0.25) is 0 Å². The average molecular weight is 298 g/mol. The molecule has 0 radical (unpaired) electrons. The van der Waals surface area contributed by atoms with Crippen molar-refractivity contribution in [2.75, 3.05) is 12.4 Å². The summed E-state index contributed by atoms with van der Waals surface area (Å²) in [6, 6.07) is 2.12. The van der Waals surface area contributed by atoms with Crippen molar-refractivity contribution in [1.82, 2.24) is 9.97 Å². The van der Waals surface area contributed by atoms with Gasteiger partial charge in [-0.25, -0.2) is 9.97 Å². The molecule has 5 heteroatoms. The summed E-state index contributed by atoms with van der Waals surface area (Å²) in [5.74, 6) is 1.55. The Kier molecular flexibility index (Phi) is 4.00. The standard InChI is InChI=1S/C15H24ClN3O/c1-14(2,3)13-18-11(16)8-12(19-13)17-9-7-10(20-6)15(9,4)5/h8-10H,7H2,1-6H3,(H,17,18,19). The number of hydrogen-bond donors (Lipinski definition) is 1. The van der Waals surface area contributed by atoms with Gasteiger partial charge in [0, 0.05) is 30.0 Å². The zero-order valence-corrected chi connectivity index (χ0v) is 13.9. The van der Waals surface area contributed by atoms with Crippen LogP contribution in [0.15, 0.2) is 6.07 Å². The van der Waals surface area contributed by atoms with E-state index in [1.54, 1.807) is 13.2 Å². The van der Waals surface area contributed by atoms with E-state index in [1.807, 2.05) is 0 Å². The molecule has 0 amide bonds. The van der Waals surface area contributed by atoms with Gasteiger partial charge in [-0.1, -0.05) is 46.2 Å². The SMILES string of the molecule is COC1CC(Nc2cc(Cl)nc(C(C)(C)C)n2)C1(C)C. The molecule has 1 aromatic rings. The highest BCUT2D eigenvalue weighted by atomic mass is 35.5. The van der Waals surface area contributed by atoms with Crippen LogP contribution in [-0.4, -0.2) is 29.2 Å². The Labute approximate surface area is 126 Å².